The van der Waals surface area contributed by atoms with Crippen LogP contribution < -0.4 is 0 Å². The molecule has 0 spiro atoms. The molecule has 0 saturated carbocycles. The fourth-order valence-electron chi connectivity index (χ4n) is 1.31. The van der Waals surface area contributed by atoms with E-state index in [0.29, 0.717) is 0 Å². The maximum Gasteiger partial charge on any atom is 0.328 e. The molecule has 0 aliphatic rings. The van der Waals surface area contributed by atoms with Gasteiger partial charge in [0.05, 0.1) is 0 Å². The van der Waals surface area contributed by atoms with E-state index in [4.69, 9.17) is 5.11 Å². The van der Waals surface area contributed by atoms with Crippen LogP contribution in [0.2, 0.25) is 0 Å². The van der Waals surface area contributed by atoms with Crippen molar-refractivity contribution in [1.29, 1.82) is 0 Å². The molecule has 1 aromatic heterocycles. The smallest absolute Gasteiger partial charge is 0.328 e. The van der Waals surface area contributed by atoms with E-state index in [0.717, 1.165) is 26.2 Å². The summed E-state index contributed by atoms with van der Waals surface area (Å²) in [7, 11) is 0. The molecule has 0 atom stereocenters. The van der Waals surface area contributed by atoms with E-state index in [2.05, 4.69) is 15.9 Å². The Morgan fingerprint density at radius 3 is 3.00 bits per heavy atom. The summed E-state index contributed by atoms with van der Waals surface area (Å²) >= 11 is 5.00. The summed E-state index contributed by atoms with van der Waals surface area (Å²) < 4.78 is 2.15. The molecule has 0 radical (unpaired) electrons. The van der Waals surface area contributed by atoms with Gasteiger partial charge in [-0.3, -0.25) is 0 Å². The van der Waals surface area contributed by atoms with Gasteiger partial charge in [-0.25, -0.2) is 4.79 Å². The van der Waals surface area contributed by atoms with Gasteiger partial charge in [-0.05, 0) is 35.2 Å². The van der Waals surface area contributed by atoms with Crippen molar-refractivity contribution in [3.8, 4) is 0 Å². The van der Waals surface area contributed by atoms with E-state index < -0.39 is 5.97 Å². The van der Waals surface area contributed by atoms with Crippen LogP contribution in [0.1, 0.15) is 5.56 Å². The van der Waals surface area contributed by atoms with Crippen LogP contribution in [0, 0.1) is 0 Å². The molecule has 0 saturated heterocycles. The molecule has 0 amide bonds. The standard InChI is InChI=1S/C11H7BrO2S/c12-8-2-3-10-9(5-8)7(6-15-10)1-4-11(13)14/h1-6H,(H,13,14). The number of fused-ring (bicyclic) bond motifs is 1. The number of aliphatic carboxylic acids is 1. The topological polar surface area (TPSA) is 37.3 Å². The largest absolute Gasteiger partial charge is 0.478 e. The number of carbonyl (C=O) groups is 1. The predicted molar refractivity (Wildman–Crippen MR) is 66.2 cm³/mol. The minimum Gasteiger partial charge on any atom is -0.478 e. The van der Waals surface area contributed by atoms with Crippen LogP contribution in [0.3, 0.4) is 0 Å². The lowest BCUT2D eigenvalue weighted by Gasteiger charge is -1.93. The quantitative estimate of drug-likeness (QED) is 0.852. The molecular weight excluding hydrogens is 276 g/mol. The summed E-state index contributed by atoms with van der Waals surface area (Å²) in [6.45, 7) is 0. The van der Waals surface area contributed by atoms with E-state index in [1.54, 1.807) is 17.4 Å². The van der Waals surface area contributed by atoms with Gasteiger partial charge < -0.3 is 5.11 Å². The third kappa shape index (κ3) is 2.27. The Morgan fingerprint density at radius 1 is 1.47 bits per heavy atom. The van der Waals surface area contributed by atoms with Gasteiger partial charge >= 0.3 is 5.97 Å². The molecule has 4 heteroatoms. The SMILES string of the molecule is O=C(O)C=Cc1csc2ccc(Br)cc12. The molecule has 1 heterocycles. The second kappa shape index (κ2) is 4.16. The van der Waals surface area contributed by atoms with Crippen molar-refractivity contribution < 1.29 is 9.90 Å². The Labute approximate surface area is 99.0 Å². The fraction of sp³-hybridized carbons (Fsp3) is 0. The Hall–Kier alpha value is -1.13. The van der Waals surface area contributed by atoms with Crippen LogP contribution in [0.25, 0.3) is 16.2 Å². The summed E-state index contributed by atoms with van der Waals surface area (Å²) in [5.74, 6) is -0.927. The molecule has 15 heavy (non-hydrogen) atoms. The second-order valence-corrected chi connectivity index (χ2v) is 4.83. The average Bonchev–Trinajstić information content (AvgIpc) is 2.57. The van der Waals surface area contributed by atoms with E-state index >= 15 is 0 Å². The molecule has 0 fully saturated rings. The lowest BCUT2D eigenvalue weighted by molar-refractivity contribution is -0.131. The van der Waals surface area contributed by atoms with Crippen LogP contribution in [0.5, 0.6) is 0 Å². The highest BCUT2D eigenvalue weighted by Gasteiger charge is 2.01. The Kier molecular flexibility index (Phi) is 2.88. The first-order valence-electron chi connectivity index (χ1n) is 4.24. The Balaban J connectivity index is 2.52. The fourth-order valence-corrected chi connectivity index (χ4v) is 2.58. The lowest BCUT2D eigenvalue weighted by atomic mass is 10.2. The Bertz CT molecular complexity index is 543. The zero-order chi connectivity index (χ0) is 10.8. The monoisotopic (exact) mass is 282 g/mol. The maximum absolute atomic E-state index is 10.4. The van der Waals surface area contributed by atoms with Crippen LogP contribution in [0.15, 0.2) is 34.1 Å². The van der Waals surface area contributed by atoms with Crippen molar-refractivity contribution in [2.45, 2.75) is 0 Å². The zero-order valence-corrected chi connectivity index (χ0v) is 10.0. The minimum atomic E-state index is -0.927. The van der Waals surface area contributed by atoms with Gasteiger partial charge in [-0.1, -0.05) is 15.9 Å². The van der Waals surface area contributed by atoms with Crippen molar-refractivity contribution in [3.63, 3.8) is 0 Å². The molecule has 0 aliphatic heterocycles. The predicted octanol–water partition coefficient (Wildman–Crippen LogP) is 3.76. The molecule has 76 valence electrons. The number of hydrogen-bond donors (Lipinski definition) is 1. The molecule has 0 unspecified atom stereocenters. The van der Waals surface area contributed by atoms with Gasteiger partial charge in [0.15, 0.2) is 0 Å². The van der Waals surface area contributed by atoms with Gasteiger partial charge in [0.1, 0.15) is 0 Å². The third-order valence-electron chi connectivity index (χ3n) is 1.97. The number of carboxylic acids is 1. The average molecular weight is 283 g/mol. The Morgan fingerprint density at radius 2 is 2.27 bits per heavy atom. The third-order valence-corrected chi connectivity index (χ3v) is 3.45. The normalized spacial score (nSPS) is 11.3. The molecule has 1 N–H and O–H groups in total. The van der Waals surface area contributed by atoms with Crippen molar-refractivity contribution in [1.82, 2.24) is 0 Å². The second-order valence-electron chi connectivity index (χ2n) is 3.00. The van der Waals surface area contributed by atoms with Crippen LogP contribution in [-0.2, 0) is 4.79 Å². The minimum absolute atomic E-state index is 0.927. The number of rotatable bonds is 2. The number of halogens is 1. The first-order valence-corrected chi connectivity index (χ1v) is 5.92. The molecule has 2 rings (SSSR count). The number of hydrogen-bond acceptors (Lipinski definition) is 2. The molecule has 2 aromatic rings. The zero-order valence-electron chi connectivity index (χ0n) is 7.61. The van der Waals surface area contributed by atoms with Crippen molar-refractivity contribution >= 4 is 49.4 Å². The number of thiophene rings is 1. The summed E-state index contributed by atoms with van der Waals surface area (Å²) in [6.07, 6.45) is 2.77. The van der Waals surface area contributed by atoms with Crippen LogP contribution in [-0.4, -0.2) is 11.1 Å². The highest BCUT2D eigenvalue weighted by molar-refractivity contribution is 9.10. The first-order chi connectivity index (χ1) is 7.16. The highest BCUT2D eigenvalue weighted by Crippen LogP contribution is 2.29. The van der Waals surface area contributed by atoms with Gasteiger partial charge in [0, 0.05) is 20.6 Å². The molecule has 0 aliphatic carbocycles. The van der Waals surface area contributed by atoms with E-state index in [1.807, 2.05) is 23.6 Å². The molecule has 0 bridgehead atoms. The van der Waals surface area contributed by atoms with Gasteiger partial charge in [-0.2, -0.15) is 0 Å². The molecular formula is C11H7BrO2S. The van der Waals surface area contributed by atoms with Crippen molar-refractivity contribution in [2.75, 3.05) is 0 Å². The maximum atomic E-state index is 10.4. The van der Waals surface area contributed by atoms with Gasteiger partial charge in [-0.15, -0.1) is 11.3 Å². The van der Waals surface area contributed by atoms with Crippen molar-refractivity contribution in [3.05, 3.63) is 39.7 Å². The molecule has 1 aromatic carbocycles. The van der Waals surface area contributed by atoms with Crippen LogP contribution in [0.4, 0.5) is 0 Å². The lowest BCUT2D eigenvalue weighted by Crippen LogP contribution is -1.84. The van der Waals surface area contributed by atoms with Crippen molar-refractivity contribution in [2.24, 2.45) is 0 Å². The van der Waals surface area contributed by atoms with Crippen LogP contribution >= 0.6 is 27.3 Å². The summed E-state index contributed by atoms with van der Waals surface area (Å²) in [6, 6.07) is 5.99. The number of benzene rings is 1. The van der Waals surface area contributed by atoms with E-state index in [9.17, 15) is 4.79 Å². The summed E-state index contributed by atoms with van der Waals surface area (Å²) in [5.41, 5.74) is 0.943. The number of carboxylic acid groups (broad SMARTS) is 1. The summed E-state index contributed by atoms with van der Waals surface area (Å²) in [4.78, 5) is 10.4. The summed E-state index contributed by atoms with van der Waals surface area (Å²) in [5, 5.41) is 11.6. The highest BCUT2D eigenvalue weighted by atomic mass is 79.9. The van der Waals surface area contributed by atoms with Gasteiger partial charge in [0.2, 0.25) is 0 Å². The van der Waals surface area contributed by atoms with E-state index in [-0.39, 0.29) is 0 Å². The van der Waals surface area contributed by atoms with E-state index in [1.165, 1.54) is 0 Å². The van der Waals surface area contributed by atoms with Gasteiger partial charge in [0.25, 0.3) is 0 Å². The molecule has 2 nitrogen and oxygen atoms in total. The first kappa shape index (κ1) is 10.4.